The molecule has 3 N–H and O–H groups in total. The van der Waals surface area contributed by atoms with Crippen molar-refractivity contribution in [2.24, 2.45) is 5.73 Å². The van der Waals surface area contributed by atoms with E-state index in [2.05, 4.69) is 5.32 Å². The number of benzene rings is 1. The van der Waals surface area contributed by atoms with Crippen LogP contribution in [0, 0.1) is 0 Å². The van der Waals surface area contributed by atoms with E-state index in [4.69, 9.17) is 26.8 Å². The van der Waals surface area contributed by atoms with Crippen LogP contribution in [-0.4, -0.2) is 31.3 Å². The number of nitrogens with two attached hydrogens (primary N) is 1. The number of anilines is 1. The monoisotopic (exact) mass is 298 g/mol. The summed E-state index contributed by atoms with van der Waals surface area (Å²) in [6.07, 6.45) is 1.43. The Morgan fingerprint density at radius 2 is 2.40 bits per heavy atom. The van der Waals surface area contributed by atoms with Crippen LogP contribution in [0.3, 0.4) is 0 Å². The summed E-state index contributed by atoms with van der Waals surface area (Å²) < 4.78 is 10.7. The lowest BCUT2D eigenvalue weighted by Gasteiger charge is -2.20. The van der Waals surface area contributed by atoms with Crippen LogP contribution in [0.2, 0.25) is 5.02 Å². The predicted molar refractivity (Wildman–Crippen MR) is 78.2 cm³/mol. The van der Waals surface area contributed by atoms with Gasteiger partial charge in [0.1, 0.15) is 11.3 Å². The first-order valence-corrected chi connectivity index (χ1v) is 7.03. The van der Waals surface area contributed by atoms with Crippen molar-refractivity contribution in [3.63, 3.8) is 0 Å². The van der Waals surface area contributed by atoms with Gasteiger partial charge in [0, 0.05) is 12.3 Å². The Kier molecular flexibility index (Phi) is 4.86. The Labute approximate surface area is 123 Å². The van der Waals surface area contributed by atoms with E-state index in [1.807, 2.05) is 6.92 Å². The van der Waals surface area contributed by atoms with Gasteiger partial charge in [0.15, 0.2) is 0 Å². The molecule has 1 unspecified atom stereocenters. The number of amides is 1. The molecule has 1 amide bonds. The molecule has 1 atom stereocenters. The highest BCUT2D eigenvalue weighted by atomic mass is 35.5. The van der Waals surface area contributed by atoms with Gasteiger partial charge in [-0.3, -0.25) is 4.79 Å². The highest BCUT2D eigenvalue weighted by molar-refractivity contribution is 6.32. The molecule has 6 heteroatoms. The van der Waals surface area contributed by atoms with Crippen LogP contribution in [0.5, 0.6) is 5.75 Å². The second-order valence-electron chi connectivity index (χ2n) is 4.91. The minimum Gasteiger partial charge on any atom is -0.492 e. The summed E-state index contributed by atoms with van der Waals surface area (Å²) >= 11 is 6.11. The smallest absolute Gasteiger partial charge is 0.246 e. The van der Waals surface area contributed by atoms with Gasteiger partial charge in [-0.25, -0.2) is 0 Å². The fourth-order valence-electron chi connectivity index (χ4n) is 1.92. The van der Waals surface area contributed by atoms with E-state index in [1.165, 1.54) is 0 Å². The Hall–Kier alpha value is -1.30. The Morgan fingerprint density at radius 3 is 3.00 bits per heavy atom. The van der Waals surface area contributed by atoms with E-state index in [9.17, 15) is 4.79 Å². The summed E-state index contributed by atoms with van der Waals surface area (Å²) in [7, 11) is 0. The molecule has 1 heterocycles. The average Bonchev–Trinajstić information content (AvgIpc) is 2.86. The number of halogens is 1. The van der Waals surface area contributed by atoms with Crippen LogP contribution in [0.4, 0.5) is 5.69 Å². The SMILES string of the molecule is CCCOc1ccc(NC(=O)C2(N)CCOC2)cc1Cl. The van der Waals surface area contributed by atoms with Crippen molar-refractivity contribution in [1.29, 1.82) is 0 Å². The summed E-state index contributed by atoms with van der Waals surface area (Å²) in [6, 6.07) is 5.14. The van der Waals surface area contributed by atoms with Gasteiger partial charge in [-0.1, -0.05) is 18.5 Å². The lowest BCUT2D eigenvalue weighted by Crippen LogP contribution is -2.51. The van der Waals surface area contributed by atoms with Crippen LogP contribution >= 0.6 is 11.6 Å². The maximum atomic E-state index is 12.1. The number of rotatable bonds is 5. The Bertz CT molecular complexity index is 487. The summed E-state index contributed by atoms with van der Waals surface area (Å²) in [5.74, 6) is 0.353. The quantitative estimate of drug-likeness (QED) is 0.874. The molecule has 110 valence electrons. The van der Waals surface area contributed by atoms with Gasteiger partial charge in [-0.05, 0) is 31.0 Å². The molecule has 0 bridgehead atoms. The summed E-state index contributed by atoms with van der Waals surface area (Å²) in [6.45, 7) is 3.38. The van der Waals surface area contributed by atoms with Crippen molar-refractivity contribution < 1.29 is 14.3 Å². The maximum Gasteiger partial charge on any atom is 0.246 e. The van der Waals surface area contributed by atoms with Crippen molar-refractivity contribution in [3.05, 3.63) is 23.2 Å². The average molecular weight is 299 g/mol. The molecule has 0 spiro atoms. The molecule has 0 saturated carbocycles. The van der Waals surface area contributed by atoms with E-state index in [1.54, 1.807) is 18.2 Å². The number of carbonyl (C=O) groups is 1. The van der Waals surface area contributed by atoms with E-state index < -0.39 is 5.54 Å². The highest BCUT2D eigenvalue weighted by Crippen LogP contribution is 2.28. The first kappa shape index (κ1) is 15.1. The van der Waals surface area contributed by atoms with Crippen LogP contribution in [0.1, 0.15) is 19.8 Å². The minimum absolute atomic E-state index is 0.240. The first-order chi connectivity index (χ1) is 9.55. The molecule has 1 saturated heterocycles. The molecule has 0 aromatic heterocycles. The molecular weight excluding hydrogens is 280 g/mol. The standard InChI is InChI=1S/C14H19ClN2O3/c1-2-6-20-12-4-3-10(8-11(12)15)17-13(18)14(16)5-7-19-9-14/h3-4,8H,2,5-7,9,16H2,1H3,(H,17,18). The topological polar surface area (TPSA) is 73.6 Å². The Morgan fingerprint density at radius 1 is 1.60 bits per heavy atom. The molecule has 1 aromatic carbocycles. The second kappa shape index (κ2) is 6.43. The van der Waals surface area contributed by atoms with E-state index in [0.717, 1.165) is 6.42 Å². The van der Waals surface area contributed by atoms with Gasteiger partial charge in [0.2, 0.25) is 5.91 Å². The summed E-state index contributed by atoms with van der Waals surface area (Å²) in [4.78, 5) is 12.1. The molecule has 5 nitrogen and oxygen atoms in total. The lowest BCUT2D eigenvalue weighted by atomic mass is 9.99. The van der Waals surface area contributed by atoms with Crippen molar-refractivity contribution in [1.82, 2.24) is 0 Å². The number of hydrogen-bond acceptors (Lipinski definition) is 4. The second-order valence-corrected chi connectivity index (χ2v) is 5.31. The van der Waals surface area contributed by atoms with E-state index in [0.29, 0.717) is 36.1 Å². The largest absolute Gasteiger partial charge is 0.492 e. The normalized spacial score (nSPS) is 21.8. The summed E-state index contributed by atoms with van der Waals surface area (Å²) in [5.41, 5.74) is 5.63. The molecule has 2 rings (SSSR count). The van der Waals surface area contributed by atoms with Gasteiger partial charge in [-0.2, -0.15) is 0 Å². The number of carbonyl (C=O) groups excluding carboxylic acids is 1. The van der Waals surface area contributed by atoms with Gasteiger partial charge in [-0.15, -0.1) is 0 Å². The fourth-order valence-corrected chi connectivity index (χ4v) is 2.16. The predicted octanol–water partition coefficient (Wildman–Crippen LogP) is 2.19. The van der Waals surface area contributed by atoms with Crippen molar-refractivity contribution in [2.45, 2.75) is 25.3 Å². The van der Waals surface area contributed by atoms with E-state index >= 15 is 0 Å². The molecule has 1 aromatic rings. The fraction of sp³-hybridized carbons (Fsp3) is 0.500. The van der Waals surface area contributed by atoms with Gasteiger partial charge >= 0.3 is 0 Å². The molecule has 1 aliphatic heterocycles. The zero-order chi connectivity index (χ0) is 14.6. The minimum atomic E-state index is -0.955. The Balaban J connectivity index is 2.03. The third-order valence-electron chi connectivity index (χ3n) is 3.16. The molecular formula is C14H19ClN2O3. The zero-order valence-corrected chi connectivity index (χ0v) is 12.2. The molecule has 1 fully saturated rings. The molecule has 20 heavy (non-hydrogen) atoms. The highest BCUT2D eigenvalue weighted by Gasteiger charge is 2.38. The number of nitrogens with one attached hydrogen (secondary N) is 1. The van der Waals surface area contributed by atoms with E-state index in [-0.39, 0.29) is 12.5 Å². The van der Waals surface area contributed by atoms with Crippen molar-refractivity contribution in [2.75, 3.05) is 25.1 Å². The van der Waals surface area contributed by atoms with Crippen LogP contribution in [0.25, 0.3) is 0 Å². The molecule has 1 aliphatic rings. The van der Waals surface area contributed by atoms with Gasteiger partial charge in [0.05, 0.1) is 18.2 Å². The van der Waals surface area contributed by atoms with Crippen molar-refractivity contribution >= 4 is 23.2 Å². The van der Waals surface area contributed by atoms with Crippen molar-refractivity contribution in [3.8, 4) is 5.75 Å². The number of hydrogen-bond donors (Lipinski definition) is 2. The number of ether oxygens (including phenoxy) is 2. The van der Waals surface area contributed by atoms with Crippen LogP contribution < -0.4 is 15.8 Å². The van der Waals surface area contributed by atoms with Gasteiger partial charge in [0.25, 0.3) is 0 Å². The third-order valence-corrected chi connectivity index (χ3v) is 3.45. The molecule has 0 radical (unpaired) electrons. The van der Waals surface area contributed by atoms with Gasteiger partial charge < -0.3 is 20.5 Å². The molecule has 0 aliphatic carbocycles. The first-order valence-electron chi connectivity index (χ1n) is 6.65. The van der Waals surface area contributed by atoms with Crippen LogP contribution in [-0.2, 0) is 9.53 Å². The zero-order valence-electron chi connectivity index (χ0n) is 11.4. The third kappa shape index (κ3) is 3.42. The summed E-state index contributed by atoms with van der Waals surface area (Å²) in [5, 5.41) is 3.23. The van der Waals surface area contributed by atoms with Crippen LogP contribution in [0.15, 0.2) is 18.2 Å². The maximum absolute atomic E-state index is 12.1. The lowest BCUT2D eigenvalue weighted by molar-refractivity contribution is -0.121.